The SMILES string of the molecule is Cc1ccc(F)cc1NC(=O)c1c(C)nc2ccccc2c1C. The van der Waals surface area contributed by atoms with Crippen LogP contribution in [-0.4, -0.2) is 10.9 Å². The van der Waals surface area contributed by atoms with Crippen LogP contribution in [-0.2, 0) is 0 Å². The fraction of sp³-hybridized carbons (Fsp3) is 0.158. The molecule has 0 atom stereocenters. The van der Waals surface area contributed by atoms with E-state index in [1.165, 1.54) is 12.1 Å². The number of anilines is 1. The highest BCUT2D eigenvalue weighted by Crippen LogP contribution is 2.24. The molecule has 3 aromatic rings. The molecule has 0 aliphatic rings. The molecule has 0 saturated carbocycles. The predicted octanol–water partition coefficient (Wildman–Crippen LogP) is 4.55. The van der Waals surface area contributed by atoms with Gasteiger partial charge in [-0.15, -0.1) is 0 Å². The largest absolute Gasteiger partial charge is 0.322 e. The zero-order valence-electron chi connectivity index (χ0n) is 13.3. The van der Waals surface area contributed by atoms with Crippen LogP contribution in [0.25, 0.3) is 10.9 Å². The van der Waals surface area contributed by atoms with Crippen LogP contribution in [0.4, 0.5) is 10.1 Å². The van der Waals surface area contributed by atoms with Crippen molar-refractivity contribution in [1.29, 1.82) is 0 Å². The Morgan fingerprint density at radius 2 is 1.83 bits per heavy atom. The standard InChI is InChI=1S/C19H17FN2O/c1-11-8-9-14(20)10-17(11)22-19(23)18-12(2)15-6-4-5-7-16(15)21-13(18)3/h4-10H,1-3H3,(H,22,23). The van der Waals surface area contributed by atoms with Crippen LogP contribution in [0, 0.1) is 26.6 Å². The highest BCUT2D eigenvalue weighted by atomic mass is 19.1. The Morgan fingerprint density at radius 1 is 1.09 bits per heavy atom. The average molecular weight is 308 g/mol. The lowest BCUT2D eigenvalue weighted by atomic mass is 10.0. The molecule has 1 aromatic heterocycles. The Labute approximate surface area is 134 Å². The van der Waals surface area contributed by atoms with Crippen LogP contribution >= 0.6 is 0 Å². The van der Waals surface area contributed by atoms with Crippen molar-refractivity contribution in [2.75, 3.05) is 5.32 Å². The van der Waals surface area contributed by atoms with E-state index >= 15 is 0 Å². The maximum atomic E-state index is 13.4. The van der Waals surface area contributed by atoms with Crippen LogP contribution in [0.1, 0.15) is 27.2 Å². The summed E-state index contributed by atoms with van der Waals surface area (Å²) in [6.07, 6.45) is 0. The first-order valence-electron chi connectivity index (χ1n) is 7.41. The van der Waals surface area contributed by atoms with E-state index in [0.29, 0.717) is 16.9 Å². The summed E-state index contributed by atoms with van der Waals surface area (Å²) >= 11 is 0. The third-order valence-electron chi connectivity index (χ3n) is 4.01. The first-order chi connectivity index (χ1) is 11.0. The van der Waals surface area contributed by atoms with Crippen LogP contribution in [0.5, 0.6) is 0 Å². The second-order valence-corrected chi connectivity index (χ2v) is 5.63. The van der Waals surface area contributed by atoms with Gasteiger partial charge in [-0.2, -0.15) is 0 Å². The van der Waals surface area contributed by atoms with Crippen molar-refractivity contribution in [3.63, 3.8) is 0 Å². The Balaban J connectivity index is 2.06. The van der Waals surface area contributed by atoms with Gasteiger partial charge in [0.2, 0.25) is 0 Å². The van der Waals surface area contributed by atoms with Crippen molar-refractivity contribution in [1.82, 2.24) is 4.98 Å². The van der Waals surface area contributed by atoms with Crippen molar-refractivity contribution in [3.8, 4) is 0 Å². The minimum atomic E-state index is -0.379. The number of nitrogens with one attached hydrogen (secondary N) is 1. The van der Waals surface area contributed by atoms with E-state index < -0.39 is 0 Å². The molecule has 0 aliphatic carbocycles. The quantitative estimate of drug-likeness (QED) is 0.754. The van der Waals surface area contributed by atoms with E-state index in [9.17, 15) is 9.18 Å². The summed E-state index contributed by atoms with van der Waals surface area (Å²) in [4.78, 5) is 17.2. The topological polar surface area (TPSA) is 42.0 Å². The third kappa shape index (κ3) is 2.80. The number of hydrogen-bond donors (Lipinski definition) is 1. The highest BCUT2D eigenvalue weighted by molar-refractivity contribution is 6.08. The number of pyridine rings is 1. The number of rotatable bonds is 2. The van der Waals surface area contributed by atoms with E-state index in [1.54, 1.807) is 6.07 Å². The van der Waals surface area contributed by atoms with Crippen molar-refractivity contribution in [3.05, 3.63) is 70.7 Å². The van der Waals surface area contributed by atoms with Gasteiger partial charge in [-0.05, 0) is 50.1 Å². The maximum Gasteiger partial charge on any atom is 0.257 e. The number of benzene rings is 2. The fourth-order valence-electron chi connectivity index (χ4n) is 2.78. The van der Waals surface area contributed by atoms with Crippen molar-refractivity contribution in [2.45, 2.75) is 20.8 Å². The first-order valence-corrected chi connectivity index (χ1v) is 7.41. The lowest BCUT2D eigenvalue weighted by Gasteiger charge is -2.14. The van der Waals surface area contributed by atoms with Gasteiger partial charge in [-0.25, -0.2) is 4.39 Å². The molecule has 0 saturated heterocycles. The van der Waals surface area contributed by atoms with Gasteiger partial charge in [0.25, 0.3) is 5.91 Å². The minimum absolute atomic E-state index is 0.271. The van der Waals surface area contributed by atoms with Gasteiger partial charge in [-0.1, -0.05) is 24.3 Å². The molecule has 0 spiro atoms. The molecular formula is C19H17FN2O. The minimum Gasteiger partial charge on any atom is -0.322 e. The molecule has 1 heterocycles. The van der Waals surface area contributed by atoms with Gasteiger partial charge in [0.05, 0.1) is 16.8 Å². The molecule has 0 aliphatic heterocycles. The molecule has 116 valence electrons. The molecule has 2 aromatic carbocycles. The Kier molecular flexibility index (Phi) is 3.82. The normalized spacial score (nSPS) is 10.8. The van der Waals surface area contributed by atoms with Crippen LogP contribution < -0.4 is 5.32 Å². The summed E-state index contributed by atoms with van der Waals surface area (Å²) in [7, 11) is 0. The van der Waals surface area contributed by atoms with Gasteiger partial charge < -0.3 is 5.32 Å². The van der Waals surface area contributed by atoms with Crippen LogP contribution in [0.2, 0.25) is 0 Å². The van der Waals surface area contributed by atoms with Gasteiger partial charge in [0.1, 0.15) is 5.82 Å². The zero-order valence-corrected chi connectivity index (χ0v) is 13.3. The lowest BCUT2D eigenvalue weighted by Crippen LogP contribution is -2.17. The number of carbonyl (C=O) groups is 1. The number of aromatic nitrogens is 1. The van der Waals surface area contributed by atoms with E-state index in [0.717, 1.165) is 22.0 Å². The van der Waals surface area contributed by atoms with Crippen molar-refractivity contribution < 1.29 is 9.18 Å². The third-order valence-corrected chi connectivity index (χ3v) is 4.01. The molecule has 1 N–H and O–H groups in total. The number of carbonyl (C=O) groups excluding carboxylic acids is 1. The Bertz CT molecular complexity index is 919. The molecule has 0 fully saturated rings. The van der Waals surface area contributed by atoms with Gasteiger partial charge in [0.15, 0.2) is 0 Å². The van der Waals surface area contributed by atoms with E-state index in [4.69, 9.17) is 0 Å². The maximum absolute atomic E-state index is 13.4. The molecule has 0 bridgehead atoms. The molecule has 1 amide bonds. The summed E-state index contributed by atoms with van der Waals surface area (Å²) in [5.41, 5.74) is 4.21. The highest BCUT2D eigenvalue weighted by Gasteiger charge is 2.17. The first kappa shape index (κ1) is 15.2. The summed E-state index contributed by atoms with van der Waals surface area (Å²) in [6, 6.07) is 12.1. The predicted molar refractivity (Wildman–Crippen MR) is 90.3 cm³/mol. The smallest absolute Gasteiger partial charge is 0.257 e. The average Bonchev–Trinajstić information content (AvgIpc) is 2.51. The molecule has 4 heteroatoms. The number of amides is 1. The number of nitrogens with zero attached hydrogens (tertiary/aromatic N) is 1. The van der Waals surface area contributed by atoms with Gasteiger partial charge in [0, 0.05) is 11.1 Å². The monoisotopic (exact) mass is 308 g/mol. The summed E-state index contributed by atoms with van der Waals surface area (Å²) in [5, 5.41) is 3.74. The Hall–Kier alpha value is -2.75. The second-order valence-electron chi connectivity index (χ2n) is 5.63. The van der Waals surface area contributed by atoms with E-state index in [2.05, 4.69) is 10.3 Å². The zero-order chi connectivity index (χ0) is 16.6. The fourth-order valence-corrected chi connectivity index (χ4v) is 2.78. The van der Waals surface area contributed by atoms with Gasteiger partial charge >= 0.3 is 0 Å². The molecule has 3 rings (SSSR count). The molecule has 3 nitrogen and oxygen atoms in total. The number of hydrogen-bond acceptors (Lipinski definition) is 2. The molecular weight excluding hydrogens is 291 g/mol. The summed E-state index contributed by atoms with van der Waals surface area (Å²) in [6.45, 7) is 5.55. The van der Waals surface area contributed by atoms with E-state index in [-0.39, 0.29) is 11.7 Å². The van der Waals surface area contributed by atoms with Gasteiger partial charge in [-0.3, -0.25) is 9.78 Å². The van der Waals surface area contributed by atoms with Crippen molar-refractivity contribution in [2.24, 2.45) is 0 Å². The molecule has 0 radical (unpaired) electrons. The number of para-hydroxylation sites is 1. The van der Waals surface area contributed by atoms with Crippen LogP contribution in [0.15, 0.2) is 42.5 Å². The number of fused-ring (bicyclic) bond motifs is 1. The second kappa shape index (κ2) is 5.80. The van der Waals surface area contributed by atoms with E-state index in [1.807, 2.05) is 45.0 Å². The Morgan fingerprint density at radius 3 is 2.61 bits per heavy atom. The van der Waals surface area contributed by atoms with Crippen LogP contribution in [0.3, 0.4) is 0 Å². The molecule has 0 unspecified atom stereocenters. The number of aryl methyl sites for hydroxylation is 3. The van der Waals surface area contributed by atoms with Crippen molar-refractivity contribution >= 4 is 22.5 Å². The number of halogens is 1. The summed E-state index contributed by atoms with van der Waals surface area (Å²) in [5.74, 6) is -0.650. The summed E-state index contributed by atoms with van der Waals surface area (Å²) < 4.78 is 13.4. The molecule has 23 heavy (non-hydrogen) atoms. The lowest BCUT2D eigenvalue weighted by molar-refractivity contribution is 0.102.